The lowest BCUT2D eigenvalue weighted by Crippen LogP contribution is -2.49. The number of esters is 1. The first kappa shape index (κ1) is 17.1. The van der Waals surface area contributed by atoms with Crippen LogP contribution < -0.4 is 0 Å². The number of rotatable bonds is 7. The number of sulfonamides is 1. The molecule has 1 heterocycles. The standard InChI is InChI=1S/C12H22N2O5S/c1-3-19-12(16)5-4-11(15)10-13-6-8-14(9-7-13)20(2,17)18/h3-10H2,1-2H3. The SMILES string of the molecule is CCOC(=O)CCC(=O)CN1CCN(S(C)(=O)=O)CC1. The Morgan fingerprint density at radius 2 is 1.70 bits per heavy atom. The fraction of sp³-hybridized carbons (Fsp3) is 0.833. The lowest BCUT2D eigenvalue weighted by Gasteiger charge is -2.32. The Kier molecular flexibility index (Phi) is 6.57. The van der Waals surface area contributed by atoms with Gasteiger partial charge in [0.25, 0.3) is 0 Å². The van der Waals surface area contributed by atoms with Crippen molar-refractivity contribution in [3.05, 3.63) is 0 Å². The molecule has 0 spiro atoms. The highest BCUT2D eigenvalue weighted by Gasteiger charge is 2.24. The molecule has 1 aliphatic heterocycles. The van der Waals surface area contributed by atoms with E-state index in [0.717, 1.165) is 0 Å². The summed E-state index contributed by atoms with van der Waals surface area (Å²) in [5.74, 6) is -0.381. The second-order valence-electron chi connectivity index (χ2n) is 4.78. The maximum absolute atomic E-state index is 11.7. The zero-order valence-corrected chi connectivity index (χ0v) is 12.8. The predicted octanol–water partition coefficient (Wildman–Crippen LogP) is -0.524. The van der Waals surface area contributed by atoms with Crippen molar-refractivity contribution in [3.63, 3.8) is 0 Å². The van der Waals surface area contributed by atoms with Gasteiger partial charge in [-0.05, 0) is 6.92 Å². The van der Waals surface area contributed by atoms with Crippen molar-refractivity contribution in [3.8, 4) is 0 Å². The molecule has 20 heavy (non-hydrogen) atoms. The number of hydrogen-bond acceptors (Lipinski definition) is 6. The van der Waals surface area contributed by atoms with E-state index in [0.29, 0.717) is 32.8 Å². The number of Topliss-reactive ketones (excluding diaryl/α,β-unsaturated/α-hetero) is 1. The van der Waals surface area contributed by atoms with E-state index in [1.807, 2.05) is 4.90 Å². The molecule has 0 aromatic carbocycles. The normalized spacial score (nSPS) is 17.9. The number of ketones is 1. The molecule has 1 aliphatic rings. The van der Waals surface area contributed by atoms with Gasteiger partial charge in [-0.15, -0.1) is 0 Å². The molecule has 8 heteroatoms. The average Bonchev–Trinajstić information content (AvgIpc) is 2.36. The van der Waals surface area contributed by atoms with Gasteiger partial charge in [0.15, 0.2) is 0 Å². The molecule has 0 atom stereocenters. The van der Waals surface area contributed by atoms with Gasteiger partial charge in [0, 0.05) is 32.6 Å². The van der Waals surface area contributed by atoms with Gasteiger partial charge in [0.1, 0.15) is 5.78 Å². The van der Waals surface area contributed by atoms with Crippen LogP contribution in [0, 0.1) is 0 Å². The molecular weight excluding hydrogens is 284 g/mol. The van der Waals surface area contributed by atoms with Crippen LogP contribution in [-0.2, 0) is 24.3 Å². The Labute approximate surface area is 119 Å². The summed E-state index contributed by atoms with van der Waals surface area (Å²) in [5, 5.41) is 0. The van der Waals surface area contributed by atoms with Crippen LogP contribution in [-0.4, -0.2) is 75.0 Å². The molecule has 1 saturated heterocycles. The van der Waals surface area contributed by atoms with E-state index in [2.05, 4.69) is 0 Å². The number of nitrogens with zero attached hydrogens (tertiary/aromatic N) is 2. The van der Waals surface area contributed by atoms with Crippen molar-refractivity contribution in [2.45, 2.75) is 19.8 Å². The Balaban J connectivity index is 2.26. The Bertz CT molecular complexity index is 441. The van der Waals surface area contributed by atoms with Crippen LogP contribution in [0.4, 0.5) is 0 Å². The maximum Gasteiger partial charge on any atom is 0.306 e. The zero-order valence-electron chi connectivity index (χ0n) is 12.0. The monoisotopic (exact) mass is 306 g/mol. The van der Waals surface area contributed by atoms with Gasteiger partial charge in [-0.25, -0.2) is 8.42 Å². The molecule has 0 saturated carbocycles. The van der Waals surface area contributed by atoms with Gasteiger partial charge < -0.3 is 4.74 Å². The Morgan fingerprint density at radius 1 is 1.10 bits per heavy atom. The first-order chi connectivity index (χ1) is 9.32. The number of carbonyl (C=O) groups excluding carboxylic acids is 2. The summed E-state index contributed by atoms with van der Waals surface area (Å²) in [4.78, 5) is 24.8. The highest BCUT2D eigenvalue weighted by atomic mass is 32.2. The largest absolute Gasteiger partial charge is 0.466 e. The topological polar surface area (TPSA) is 84.0 Å². The van der Waals surface area contributed by atoms with Gasteiger partial charge in [0.2, 0.25) is 10.0 Å². The fourth-order valence-corrected chi connectivity index (χ4v) is 2.85. The van der Waals surface area contributed by atoms with E-state index in [1.165, 1.54) is 10.6 Å². The summed E-state index contributed by atoms with van der Waals surface area (Å²) in [7, 11) is -3.15. The predicted molar refractivity (Wildman–Crippen MR) is 73.7 cm³/mol. The van der Waals surface area contributed by atoms with Crippen LogP contribution in [0.25, 0.3) is 0 Å². The van der Waals surface area contributed by atoms with Gasteiger partial charge in [-0.2, -0.15) is 4.31 Å². The number of hydrogen-bond donors (Lipinski definition) is 0. The highest BCUT2D eigenvalue weighted by Crippen LogP contribution is 2.06. The molecular formula is C12H22N2O5S. The molecule has 0 aromatic rings. The van der Waals surface area contributed by atoms with Crippen LogP contribution in [0.3, 0.4) is 0 Å². The number of piperazine rings is 1. The van der Waals surface area contributed by atoms with Crippen molar-refractivity contribution >= 4 is 21.8 Å². The zero-order chi connectivity index (χ0) is 15.2. The molecule has 1 fully saturated rings. The molecule has 1 rings (SSSR count). The molecule has 0 unspecified atom stereocenters. The minimum atomic E-state index is -3.15. The molecule has 0 bridgehead atoms. The highest BCUT2D eigenvalue weighted by molar-refractivity contribution is 7.88. The van der Waals surface area contributed by atoms with Gasteiger partial charge >= 0.3 is 5.97 Å². The van der Waals surface area contributed by atoms with E-state index in [4.69, 9.17) is 4.74 Å². The molecule has 0 aliphatic carbocycles. The fourth-order valence-electron chi connectivity index (χ4n) is 2.02. The van der Waals surface area contributed by atoms with E-state index in [1.54, 1.807) is 6.92 Å². The van der Waals surface area contributed by atoms with Crippen LogP contribution in [0.2, 0.25) is 0 Å². The third kappa shape index (κ3) is 5.98. The van der Waals surface area contributed by atoms with E-state index in [-0.39, 0.29) is 31.1 Å². The lowest BCUT2D eigenvalue weighted by atomic mass is 10.2. The minimum Gasteiger partial charge on any atom is -0.466 e. The van der Waals surface area contributed by atoms with Crippen LogP contribution in [0.1, 0.15) is 19.8 Å². The second-order valence-corrected chi connectivity index (χ2v) is 6.76. The quantitative estimate of drug-likeness (QED) is 0.588. The average molecular weight is 306 g/mol. The summed E-state index contributed by atoms with van der Waals surface area (Å²) in [5.41, 5.74) is 0. The van der Waals surface area contributed by atoms with Crippen LogP contribution >= 0.6 is 0 Å². The molecule has 0 aromatic heterocycles. The first-order valence-corrected chi connectivity index (χ1v) is 8.52. The van der Waals surface area contributed by atoms with Gasteiger partial charge in [-0.3, -0.25) is 14.5 Å². The first-order valence-electron chi connectivity index (χ1n) is 6.67. The van der Waals surface area contributed by atoms with Crippen molar-refractivity contribution in [1.82, 2.24) is 9.21 Å². The van der Waals surface area contributed by atoms with Gasteiger partial charge in [-0.1, -0.05) is 0 Å². The lowest BCUT2D eigenvalue weighted by molar-refractivity contribution is -0.144. The number of carbonyl (C=O) groups is 2. The number of ether oxygens (including phenoxy) is 1. The summed E-state index contributed by atoms with van der Waals surface area (Å²) < 4.78 is 28.9. The third-order valence-electron chi connectivity index (χ3n) is 3.11. The molecule has 0 N–H and O–H groups in total. The summed E-state index contributed by atoms with van der Waals surface area (Å²) in [6.45, 7) is 4.20. The molecule has 116 valence electrons. The van der Waals surface area contributed by atoms with Crippen molar-refractivity contribution in [2.75, 3.05) is 45.6 Å². The summed E-state index contributed by atoms with van der Waals surface area (Å²) in [6, 6.07) is 0. The van der Waals surface area contributed by atoms with E-state index >= 15 is 0 Å². The van der Waals surface area contributed by atoms with E-state index < -0.39 is 10.0 Å². The molecule has 0 amide bonds. The van der Waals surface area contributed by atoms with Gasteiger partial charge in [0.05, 0.1) is 25.8 Å². The molecule has 0 radical (unpaired) electrons. The third-order valence-corrected chi connectivity index (χ3v) is 4.42. The Morgan fingerprint density at radius 3 is 2.20 bits per heavy atom. The summed E-state index contributed by atoms with van der Waals surface area (Å²) in [6.07, 6.45) is 1.47. The second kappa shape index (κ2) is 7.70. The van der Waals surface area contributed by atoms with Crippen molar-refractivity contribution < 1.29 is 22.7 Å². The van der Waals surface area contributed by atoms with Crippen molar-refractivity contribution in [1.29, 1.82) is 0 Å². The van der Waals surface area contributed by atoms with Crippen molar-refractivity contribution in [2.24, 2.45) is 0 Å². The summed E-state index contributed by atoms with van der Waals surface area (Å²) >= 11 is 0. The maximum atomic E-state index is 11.7. The van der Waals surface area contributed by atoms with E-state index in [9.17, 15) is 18.0 Å². The smallest absolute Gasteiger partial charge is 0.306 e. The van der Waals surface area contributed by atoms with Crippen LogP contribution in [0.15, 0.2) is 0 Å². The van der Waals surface area contributed by atoms with Crippen LogP contribution in [0.5, 0.6) is 0 Å². The molecule has 7 nitrogen and oxygen atoms in total. The minimum absolute atomic E-state index is 0.0224. The Hall–Kier alpha value is -0.990.